The number of hydrogen-bond donors (Lipinski definition) is 0. The molecule has 0 aliphatic heterocycles. The van der Waals surface area contributed by atoms with Crippen molar-refractivity contribution < 1.29 is 8.78 Å². The Morgan fingerprint density at radius 1 is 0.471 bits per heavy atom. The molecule has 2 nitrogen and oxygen atoms in total. The Morgan fingerprint density at radius 3 is 1.63 bits per heavy atom. The summed E-state index contributed by atoms with van der Waals surface area (Å²) < 4.78 is 32.1. The highest BCUT2D eigenvalue weighted by molar-refractivity contribution is 6.36. The lowest BCUT2D eigenvalue weighted by atomic mass is 9.82. The van der Waals surface area contributed by atoms with Crippen molar-refractivity contribution in [3.63, 3.8) is 0 Å². The van der Waals surface area contributed by atoms with Gasteiger partial charge in [0.2, 0.25) is 0 Å². The van der Waals surface area contributed by atoms with Crippen molar-refractivity contribution in [1.29, 1.82) is 0 Å². The van der Waals surface area contributed by atoms with Gasteiger partial charge in [-0.2, -0.15) is 0 Å². The second-order valence-corrected chi connectivity index (χ2v) is 14.5. The third-order valence-corrected chi connectivity index (χ3v) is 10.5. The fraction of sp³-hybridized carbons (Fsp3) is 0.130. The van der Waals surface area contributed by atoms with E-state index in [1.165, 1.54) is 23.3 Å². The summed E-state index contributed by atoms with van der Waals surface area (Å²) in [6.45, 7) is 10.3. The quantitative estimate of drug-likeness (QED) is 0.171. The molecule has 0 atom stereocenters. The van der Waals surface area contributed by atoms with Crippen LogP contribution in [0, 0.1) is 32.4 Å². The Morgan fingerprint density at radius 2 is 0.980 bits per heavy atom. The van der Waals surface area contributed by atoms with E-state index in [1.54, 1.807) is 12.1 Å². The first kappa shape index (κ1) is 32.7. The Bertz CT molecular complexity index is 2500. The van der Waals surface area contributed by atoms with Crippen molar-refractivity contribution in [3.8, 4) is 11.1 Å². The minimum atomic E-state index is -0.380. The van der Waals surface area contributed by atoms with Crippen LogP contribution in [0.1, 0.15) is 41.7 Å². The molecule has 0 radical (unpaired) electrons. The van der Waals surface area contributed by atoms with Gasteiger partial charge in [-0.3, -0.25) is 0 Å². The minimum Gasteiger partial charge on any atom is -0.306 e. The van der Waals surface area contributed by atoms with Gasteiger partial charge in [0.15, 0.2) is 0 Å². The van der Waals surface area contributed by atoms with Crippen LogP contribution in [-0.2, 0) is 5.41 Å². The van der Waals surface area contributed by atoms with Gasteiger partial charge < -0.3 is 9.80 Å². The fourth-order valence-corrected chi connectivity index (χ4v) is 7.89. The van der Waals surface area contributed by atoms with E-state index in [2.05, 4.69) is 56.3 Å². The van der Waals surface area contributed by atoms with Gasteiger partial charge in [-0.1, -0.05) is 98.2 Å². The molecule has 1 aliphatic rings. The molecular weight excluding hydrogens is 654 g/mol. The average Bonchev–Trinajstić information content (AvgIpc) is 3.35. The molecule has 1 aliphatic carbocycles. The van der Waals surface area contributed by atoms with Crippen molar-refractivity contribution in [2.45, 2.75) is 40.0 Å². The van der Waals surface area contributed by atoms with Crippen LogP contribution in [0.5, 0.6) is 0 Å². The number of anilines is 6. The summed E-state index contributed by atoms with van der Waals surface area (Å²) >= 11 is 7.59. The van der Waals surface area contributed by atoms with E-state index in [1.807, 2.05) is 97.3 Å². The lowest BCUT2D eigenvalue weighted by molar-refractivity contribution is 0.628. The molecule has 0 saturated heterocycles. The van der Waals surface area contributed by atoms with Crippen LogP contribution in [-0.4, -0.2) is 0 Å². The lowest BCUT2D eigenvalue weighted by Gasteiger charge is -2.32. The molecule has 0 amide bonds. The zero-order valence-electron chi connectivity index (χ0n) is 29.2. The number of aryl methyl sites for hydroxylation is 3. The second-order valence-electron chi connectivity index (χ2n) is 14.1. The Labute approximate surface area is 303 Å². The van der Waals surface area contributed by atoms with Crippen LogP contribution < -0.4 is 9.80 Å². The van der Waals surface area contributed by atoms with Gasteiger partial charge >= 0.3 is 0 Å². The van der Waals surface area contributed by atoms with E-state index >= 15 is 8.78 Å². The molecule has 0 fully saturated rings. The van der Waals surface area contributed by atoms with Crippen LogP contribution in [0.3, 0.4) is 0 Å². The first-order valence-electron chi connectivity index (χ1n) is 17.2. The average molecular weight is 691 g/mol. The predicted octanol–water partition coefficient (Wildman–Crippen LogP) is 13.9. The van der Waals surface area contributed by atoms with Gasteiger partial charge in [0.05, 0.1) is 27.8 Å². The van der Waals surface area contributed by atoms with Crippen LogP contribution in [0.4, 0.5) is 42.9 Å². The third kappa shape index (κ3) is 5.55. The van der Waals surface area contributed by atoms with Crippen LogP contribution >= 0.6 is 11.6 Å². The topological polar surface area (TPSA) is 6.48 Å². The molecule has 252 valence electrons. The SMILES string of the molecule is Cc1ccc(F)c(N(c2ccc3c(c2)C(C)(C)c2ccccc2-3)c2cc(C)cc(N(c3ccc4ccccc4c3)c3cc(C)ccc3F)c2Cl)c1. The summed E-state index contributed by atoms with van der Waals surface area (Å²) in [6, 6.07) is 43.1. The third-order valence-electron chi connectivity index (χ3n) is 10.2. The summed E-state index contributed by atoms with van der Waals surface area (Å²) in [4.78, 5) is 3.78. The molecule has 8 rings (SSSR count). The number of benzene rings is 7. The van der Waals surface area contributed by atoms with E-state index in [0.717, 1.165) is 50.0 Å². The van der Waals surface area contributed by atoms with Gasteiger partial charge in [-0.15, -0.1) is 0 Å². The van der Waals surface area contributed by atoms with Gasteiger partial charge in [0, 0.05) is 16.8 Å². The molecule has 7 aromatic carbocycles. The molecule has 0 bridgehead atoms. The van der Waals surface area contributed by atoms with Gasteiger partial charge in [0.1, 0.15) is 11.6 Å². The normalized spacial score (nSPS) is 12.9. The van der Waals surface area contributed by atoms with E-state index in [9.17, 15) is 0 Å². The van der Waals surface area contributed by atoms with Gasteiger partial charge in [0.25, 0.3) is 0 Å². The zero-order valence-corrected chi connectivity index (χ0v) is 30.0. The van der Waals surface area contributed by atoms with Crippen LogP contribution in [0.2, 0.25) is 5.02 Å². The summed E-state index contributed by atoms with van der Waals surface area (Å²) in [5.74, 6) is -0.756. The zero-order chi connectivity index (χ0) is 35.6. The van der Waals surface area contributed by atoms with Crippen molar-refractivity contribution in [2.75, 3.05) is 9.80 Å². The number of halogens is 3. The second kappa shape index (κ2) is 12.4. The molecular formula is C46H37ClF2N2. The standard InChI is InChI=1S/C46H37ClF2N2/c1-28-14-20-39(48)41(22-28)50(33-17-16-31-10-6-7-11-32(31)26-33)43-24-30(3)25-44(45(43)47)51(42-23-29(2)15-21-40(42)49)34-18-19-36-35-12-8-9-13-37(35)46(4,5)38(36)27-34/h6-27H,1-5H3. The van der Waals surface area contributed by atoms with Crippen molar-refractivity contribution in [3.05, 3.63) is 178 Å². The Balaban J connectivity index is 1.39. The first-order valence-corrected chi connectivity index (χ1v) is 17.5. The first-order chi connectivity index (χ1) is 24.5. The smallest absolute Gasteiger partial charge is 0.147 e. The fourth-order valence-electron chi connectivity index (χ4n) is 7.61. The molecule has 0 unspecified atom stereocenters. The van der Waals surface area contributed by atoms with E-state index in [0.29, 0.717) is 27.8 Å². The maximum absolute atomic E-state index is 16.2. The molecule has 0 spiro atoms. The van der Waals surface area contributed by atoms with E-state index in [4.69, 9.17) is 11.6 Å². The molecule has 0 aromatic heterocycles. The molecule has 0 saturated carbocycles. The molecule has 7 aromatic rings. The minimum absolute atomic E-state index is 0.268. The number of rotatable bonds is 6. The summed E-state index contributed by atoms with van der Waals surface area (Å²) in [7, 11) is 0. The highest BCUT2D eigenvalue weighted by Gasteiger charge is 2.36. The molecule has 0 N–H and O–H groups in total. The van der Waals surface area contributed by atoms with Crippen LogP contribution in [0.15, 0.2) is 133 Å². The van der Waals surface area contributed by atoms with E-state index in [-0.39, 0.29) is 17.0 Å². The summed E-state index contributed by atoms with van der Waals surface area (Å²) in [6.07, 6.45) is 0. The Hall–Kier alpha value is -5.45. The number of nitrogens with zero attached hydrogens (tertiary/aromatic N) is 2. The van der Waals surface area contributed by atoms with Gasteiger partial charge in [-0.05, 0) is 131 Å². The van der Waals surface area contributed by atoms with Crippen molar-refractivity contribution in [2.24, 2.45) is 0 Å². The molecule has 5 heteroatoms. The summed E-state index contributed by atoms with van der Waals surface area (Å²) in [5.41, 5.74) is 10.7. The molecule has 51 heavy (non-hydrogen) atoms. The van der Waals surface area contributed by atoms with Crippen molar-refractivity contribution in [1.82, 2.24) is 0 Å². The highest BCUT2D eigenvalue weighted by Crippen LogP contribution is 2.53. The van der Waals surface area contributed by atoms with E-state index < -0.39 is 0 Å². The predicted molar refractivity (Wildman–Crippen MR) is 210 cm³/mol. The van der Waals surface area contributed by atoms with Crippen LogP contribution in [0.25, 0.3) is 21.9 Å². The lowest BCUT2D eigenvalue weighted by Crippen LogP contribution is -2.18. The van der Waals surface area contributed by atoms with Gasteiger partial charge in [-0.25, -0.2) is 8.78 Å². The number of hydrogen-bond acceptors (Lipinski definition) is 2. The maximum atomic E-state index is 16.2. The Kier molecular flexibility index (Phi) is 7.96. The largest absolute Gasteiger partial charge is 0.306 e. The maximum Gasteiger partial charge on any atom is 0.147 e. The van der Waals surface area contributed by atoms with Crippen molar-refractivity contribution >= 4 is 56.5 Å². The number of fused-ring (bicyclic) bond motifs is 4. The monoisotopic (exact) mass is 690 g/mol. The molecule has 0 heterocycles. The highest BCUT2D eigenvalue weighted by atomic mass is 35.5. The summed E-state index contributed by atoms with van der Waals surface area (Å²) in [5, 5.41) is 2.45.